The zero-order chi connectivity index (χ0) is 11.7. The Labute approximate surface area is 104 Å². The average Bonchev–Trinajstić information content (AvgIpc) is 2.64. The first kappa shape index (κ1) is 11.8. The van der Waals surface area contributed by atoms with Gasteiger partial charge >= 0.3 is 0 Å². The fourth-order valence-corrected chi connectivity index (χ4v) is 2.91. The summed E-state index contributed by atoms with van der Waals surface area (Å²) in [6, 6.07) is 0.277. The molecule has 16 heavy (non-hydrogen) atoms. The highest BCUT2D eigenvalue weighted by molar-refractivity contribution is 7.17. The van der Waals surface area contributed by atoms with E-state index in [2.05, 4.69) is 24.0 Å². The van der Waals surface area contributed by atoms with E-state index in [9.17, 15) is 4.79 Å². The van der Waals surface area contributed by atoms with Gasteiger partial charge in [-0.1, -0.05) is 18.3 Å². The molecule has 2 unspecified atom stereocenters. The Kier molecular flexibility index (Phi) is 3.44. The van der Waals surface area contributed by atoms with Crippen LogP contribution in [0, 0.1) is 5.92 Å². The van der Waals surface area contributed by atoms with Gasteiger partial charge < -0.3 is 4.90 Å². The highest BCUT2D eigenvalue weighted by Crippen LogP contribution is 2.25. The molecule has 4 nitrogen and oxygen atoms in total. The van der Waals surface area contributed by atoms with Gasteiger partial charge in [0.25, 0.3) is 5.91 Å². The van der Waals surface area contributed by atoms with Gasteiger partial charge in [-0.3, -0.25) is 4.79 Å². The molecule has 0 aromatic carbocycles. The number of carbonyl (C=O) groups is 1. The Hall–Kier alpha value is -0.680. The van der Waals surface area contributed by atoms with E-state index in [0.717, 1.165) is 30.7 Å². The van der Waals surface area contributed by atoms with Crippen molar-refractivity contribution in [3.63, 3.8) is 0 Å². The summed E-state index contributed by atoms with van der Waals surface area (Å²) in [7, 11) is 0. The van der Waals surface area contributed by atoms with Crippen molar-refractivity contribution < 1.29 is 4.79 Å². The number of amides is 1. The number of rotatable bonds is 1. The number of aromatic nitrogens is 2. The van der Waals surface area contributed by atoms with E-state index in [0.29, 0.717) is 15.4 Å². The molecule has 1 saturated heterocycles. The Morgan fingerprint density at radius 1 is 1.50 bits per heavy atom. The molecule has 2 rings (SSSR count). The lowest BCUT2D eigenvalue weighted by Gasteiger charge is -2.35. The van der Waals surface area contributed by atoms with E-state index >= 15 is 0 Å². The van der Waals surface area contributed by atoms with Gasteiger partial charge in [-0.2, -0.15) is 0 Å². The molecule has 1 aromatic rings. The number of piperidine rings is 1. The van der Waals surface area contributed by atoms with Crippen molar-refractivity contribution in [3.8, 4) is 0 Å². The summed E-state index contributed by atoms with van der Waals surface area (Å²) in [6.07, 6.45) is 2.11. The van der Waals surface area contributed by atoms with Crippen LogP contribution in [0.3, 0.4) is 0 Å². The summed E-state index contributed by atoms with van der Waals surface area (Å²) in [6.45, 7) is 5.11. The Morgan fingerprint density at radius 2 is 2.25 bits per heavy atom. The van der Waals surface area contributed by atoms with Crippen LogP contribution < -0.4 is 0 Å². The molecular weight excluding hydrogens is 246 g/mol. The molecule has 2 heterocycles. The summed E-state index contributed by atoms with van der Waals surface area (Å²) in [4.78, 5) is 14.0. The smallest absolute Gasteiger partial charge is 0.285 e. The van der Waals surface area contributed by atoms with Crippen LogP contribution in [-0.2, 0) is 0 Å². The number of likely N-dealkylation sites (tertiary alicyclic amines) is 1. The fraction of sp³-hybridized carbons (Fsp3) is 0.700. The zero-order valence-corrected chi connectivity index (χ0v) is 10.9. The molecule has 1 fully saturated rings. The predicted octanol–water partition coefficient (Wildman–Crippen LogP) is 2.45. The van der Waals surface area contributed by atoms with E-state index in [1.807, 2.05) is 4.90 Å². The maximum Gasteiger partial charge on any atom is 0.285 e. The first-order valence-electron chi connectivity index (χ1n) is 5.38. The zero-order valence-electron chi connectivity index (χ0n) is 9.31. The second-order valence-corrected chi connectivity index (χ2v) is 5.90. The third kappa shape index (κ3) is 2.35. The van der Waals surface area contributed by atoms with E-state index in [1.165, 1.54) is 0 Å². The van der Waals surface area contributed by atoms with Crippen LogP contribution in [0.5, 0.6) is 0 Å². The van der Waals surface area contributed by atoms with Crippen molar-refractivity contribution in [1.82, 2.24) is 15.1 Å². The van der Waals surface area contributed by atoms with Crippen molar-refractivity contribution >= 4 is 28.8 Å². The van der Waals surface area contributed by atoms with Gasteiger partial charge in [0, 0.05) is 12.6 Å². The third-order valence-corrected chi connectivity index (χ3v) is 3.99. The molecule has 0 N–H and O–H groups in total. The highest BCUT2D eigenvalue weighted by Gasteiger charge is 2.29. The second kappa shape index (κ2) is 4.67. The minimum absolute atomic E-state index is 0.0381. The van der Waals surface area contributed by atoms with Crippen LogP contribution in [0.4, 0.5) is 0 Å². The van der Waals surface area contributed by atoms with Crippen molar-refractivity contribution in [1.29, 1.82) is 0 Å². The summed E-state index contributed by atoms with van der Waals surface area (Å²) in [5, 5.41) is 7.84. The van der Waals surface area contributed by atoms with E-state index < -0.39 is 0 Å². The van der Waals surface area contributed by atoms with Gasteiger partial charge in [-0.05, 0) is 37.3 Å². The molecule has 6 heteroatoms. The third-order valence-electron chi connectivity index (χ3n) is 2.98. The minimum atomic E-state index is -0.0381. The number of hydrogen-bond donors (Lipinski definition) is 0. The summed E-state index contributed by atoms with van der Waals surface area (Å²) < 4.78 is 0.321. The maximum atomic E-state index is 12.1. The number of nitrogens with zero attached hydrogens (tertiary/aromatic N) is 3. The molecular formula is C10H14ClN3OS. The normalized spacial score (nSPS) is 25.8. The van der Waals surface area contributed by atoms with Crippen molar-refractivity contribution in [2.75, 3.05) is 6.54 Å². The number of halogens is 1. The molecule has 0 aliphatic carbocycles. The van der Waals surface area contributed by atoms with Crippen molar-refractivity contribution in [2.45, 2.75) is 32.7 Å². The molecule has 88 valence electrons. The lowest BCUT2D eigenvalue weighted by atomic mass is 9.93. The lowest BCUT2D eigenvalue weighted by molar-refractivity contribution is 0.0587. The summed E-state index contributed by atoms with van der Waals surface area (Å²) >= 11 is 6.82. The molecule has 1 aromatic heterocycles. The standard InChI is InChI=1S/C10H14ClN3OS/c1-6-3-4-14(7(2)5-6)9(15)8-12-13-10(11)16-8/h6-7H,3-5H2,1-2H3. The fourth-order valence-electron chi connectivity index (χ4n) is 2.12. The topological polar surface area (TPSA) is 46.1 Å². The molecule has 1 amide bonds. The van der Waals surface area contributed by atoms with Gasteiger partial charge in [0.05, 0.1) is 0 Å². The van der Waals surface area contributed by atoms with Crippen LogP contribution in [0.15, 0.2) is 0 Å². The van der Waals surface area contributed by atoms with Gasteiger partial charge in [-0.25, -0.2) is 0 Å². The first-order chi connectivity index (χ1) is 7.58. The largest absolute Gasteiger partial charge is 0.334 e. The van der Waals surface area contributed by atoms with Gasteiger partial charge in [0.2, 0.25) is 9.47 Å². The van der Waals surface area contributed by atoms with Gasteiger partial charge in [-0.15, -0.1) is 10.2 Å². The highest BCUT2D eigenvalue weighted by atomic mass is 35.5. The first-order valence-corrected chi connectivity index (χ1v) is 6.57. The molecule has 1 aliphatic rings. The number of hydrogen-bond acceptors (Lipinski definition) is 4. The van der Waals surface area contributed by atoms with Gasteiger partial charge in [0.15, 0.2) is 0 Å². The van der Waals surface area contributed by atoms with E-state index in [1.54, 1.807) is 0 Å². The van der Waals surface area contributed by atoms with Gasteiger partial charge in [0.1, 0.15) is 0 Å². The van der Waals surface area contributed by atoms with Crippen LogP contribution in [-0.4, -0.2) is 33.6 Å². The van der Waals surface area contributed by atoms with E-state index in [4.69, 9.17) is 11.6 Å². The van der Waals surface area contributed by atoms with Crippen LogP contribution in [0.1, 0.15) is 36.5 Å². The van der Waals surface area contributed by atoms with Crippen LogP contribution in [0.2, 0.25) is 4.47 Å². The Morgan fingerprint density at radius 3 is 2.81 bits per heavy atom. The molecule has 2 atom stereocenters. The average molecular weight is 260 g/mol. The van der Waals surface area contributed by atoms with E-state index in [-0.39, 0.29) is 11.9 Å². The molecule has 0 radical (unpaired) electrons. The Balaban J connectivity index is 2.10. The lowest BCUT2D eigenvalue weighted by Crippen LogP contribution is -2.44. The van der Waals surface area contributed by atoms with Crippen molar-refractivity contribution in [2.24, 2.45) is 5.92 Å². The quantitative estimate of drug-likeness (QED) is 0.778. The SMILES string of the molecule is CC1CCN(C(=O)c2nnc(Cl)s2)C(C)C1. The Bertz CT molecular complexity index is 395. The summed E-state index contributed by atoms with van der Waals surface area (Å²) in [5.74, 6) is 0.654. The molecule has 0 bridgehead atoms. The van der Waals surface area contributed by atoms with Crippen LogP contribution >= 0.6 is 22.9 Å². The monoisotopic (exact) mass is 259 g/mol. The molecule has 0 spiro atoms. The van der Waals surface area contributed by atoms with Crippen LogP contribution in [0.25, 0.3) is 0 Å². The minimum Gasteiger partial charge on any atom is -0.334 e. The molecule has 0 saturated carbocycles. The second-order valence-electron chi connectivity index (χ2n) is 4.34. The predicted molar refractivity (Wildman–Crippen MR) is 63.8 cm³/mol. The van der Waals surface area contributed by atoms with Crippen molar-refractivity contribution in [3.05, 3.63) is 9.47 Å². The maximum absolute atomic E-state index is 12.1. The number of carbonyl (C=O) groups excluding carboxylic acids is 1. The summed E-state index contributed by atoms with van der Waals surface area (Å²) in [5.41, 5.74) is 0. The molecule has 1 aliphatic heterocycles.